The number of hydrogen-bond acceptors (Lipinski definition) is 4. The third-order valence-electron chi connectivity index (χ3n) is 4.68. The molecule has 1 aromatic heterocycles. The standard InChI is InChI=1S/C19H19N5O2/c1-12-2-4-13(5-3-12)11-24-9-8-16(19(24)26)20-18(25)14-6-7-15-17(10-14)22-23-21-15/h2-7,10,16H,8-9,11H2,1H3,(H,20,25)(H,21,22,23). The maximum Gasteiger partial charge on any atom is 0.252 e. The Hall–Kier alpha value is -3.22. The van der Waals surface area contributed by atoms with E-state index in [-0.39, 0.29) is 11.8 Å². The predicted molar refractivity (Wildman–Crippen MR) is 96.4 cm³/mol. The maximum absolute atomic E-state index is 12.6. The van der Waals surface area contributed by atoms with Crippen LogP contribution in [-0.2, 0) is 11.3 Å². The molecule has 0 saturated carbocycles. The van der Waals surface area contributed by atoms with Crippen LogP contribution in [0.2, 0.25) is 0 Å². The highest BCUT2D eigenvalue weighted by Crippen LogP contribution is 2.17. The first-order valence-corrected chi connectivity index (χ1v) is 8.56. The minimum Gasteiger partial charge on any atom is -0.340 e. The van der Waals surface area contributed by atoms with Gasteiger partial charge in [0.05, 0.1) is 0 Å². The summed E-state index contributed by atoms with van der Waals surface area (Å²) in [5.74, 6) is -0.313. The molecule has 1 aliphatic heterocycles. The van der Waals surface area contributed by atoms with E-state index in [1.54, 1.807) is 23.1 Å². The van der Waals surface area contributed by atoms with E-state index in [2.05, 4.69) is 20.7 Å². The van der Waals surface area contributed by atoms with Crippen LogP contribution in [-0.4, -0.2) is 44.7 Å². The molecule has 132 valence electrons. The number of aryl methyl sites for hydroxylation is 1. The summed E-state index contributed by atoms with van der Waals surface area (Å²) in [6.45, 7) is 3.24. The summed E-state index contributed by atoms with van der Waals surface area (Å²) >= 11 is 0. The molecule has 1 fully saturated rings. The van der Waals surface area contributed by atoms with E-state index in [9.17, 15) is 9.59 Å². The molecule has 1 aliphatic rings. The van der Waals surface area contributed by atoms with Crippen molar-refractivity contribution in [3.05, 3.63) is 59.2 Å². The number of benzene rings is 2. The first-order valence-electron chi connectivity index (χ1n) is 8.56. The zero-order valence-electron chi connectivity index (χ0n) is 14.4. The molecule has 2 N–H and O–H groups in total. The highest BCUT2D eigenvalue weighted by molar-refractivity contribution is 6.00. The molecule has 0 radical (unpaired) electrons. The number of fused-ring (bicyclic) bond motifs is 1. The van der Waals surface area contributed by atoms with Gasteiger partial charge in [0.1, 0.15) is 17.1 Å². The number of nitrogens with one attached hydrogen (secondary N) is 2. The second kappa shape index (κ2) is 6.59. The quantitative estimate of drug-likeness (QED) is 0.751. The van der Waals surface area contributed by atoms with Gasteiger partial charge in [0, 0.05) is 18.7 Å². The van der Waals surface area contributed by atoms with Crippen molar-refractivity contribution in [3.8, 4) is 0 Å². The maximum atomic E-state index is 12.6. The molecule has 4 rings (SSSR count). The molecule has 1 unspecified atom stereocenters. The number of nitrogens with zero attached hydrogens (tertiary/aromatic N) is 3. The van der Waals surface area contributed by atoms with Crippen LogP contribution in [0.3, 0.4) is 0 Å². The number of hydrogen-bond donors (Lipinski definition) is 2. The topological polar surface area (TPSA) is 91.0 Å². The smallest absolute Gasteiger partial charge is 0.252 e. The van der Waals surface area contributed by atoms with Crippen molar-refractivity contribution in [2.75, 3.05) is 6.54 Å². The van der Waals surface area contributed by atoms with Crippen LogP contribution >= 0.6 is 0 Å². The Morgan fingerprint density at radius 1 is 1.19 bits per heavy atom. The van der Waals surface area contributed by atoms with Crippen LogP contribution in [0.15, 0.2) is 42.5 Å². The largest absolute Gasteiger partial charge is 0.340 e. The van der Waals surface area contributed by atoms with Gasteiger partial charge in [-0.15, -0.1) is 0 Å². The average molecular weight is 349 g/mol. The molecule has 0 aliphatic carbocycles. The molecule has 0 bridgehead atoms. The van der Waals surface area contributed by atoms with E-state index in [4.69, 9.17) is 0 Å². The fraction of sp³-hybridized carbons (Fsp3) is 0.263. The predicted octanol–water partition coefficient (Wildman–Crippen LogP) is 1.80. The van der Waals surface area contributed by atoms with Crippen LogP contribution in [0.1, 0.15) is 27.9 Å². The van der Waals surface area contributed by atoms with Crippen LogP contribution < -0.4 is 5.32 Å². The summed E-state index contributed by atoms with van der Waals surface area (Å²) in [5, 5.41) is 13.3. The van der Waals surface area contributed by atoms with Gasteiger partial charge < -0.3 is 10.2 Å². The van der Waals surface area contributed by atoms with Crippen LogP contribution in [0.4, 0.5) is 0 Å². The molecule has 2 heterocycles. The van der Waals surface area contributed by atoms with Gasteiger partial charge in [0.25, 0.3) is 5.91 Å². The highest BCUT2D eigenvalue weighted by atomic mass is 16.2. The van der Waals surface area contributed by atoms with Crippen molar-refractivity contribution < 1.29 is 9.59 Å². The van der Waals surface area contributed by atoms with E-state index in [1.807, 2.05) is 31.2 Å². The Balaban J connectivity index is 1.41. The monoisotopic (exact) mass is 349 g/mol. The van der Waals surface area contributed by atoms with Gasteiger partial charge in [-0.05, 0) is 37.1 Å². The molecular weight excluding hydrogens is 330 g/mol. The lowest BCUT2D eigenvalue weighted by atomic mass is 10.1. The van der Waals surface area contributed by atoms with E-state index in [0.29, 0.717) is 36.1 Å². The van der Waals surface area contributed by atoms with Gasteiger partial charge in [-0.1, -0.05) is 29.8 Å². The second-order valence-corrected chi connectivity index (χ2v) is 6.59. The lowest BCUT2D eigenvalue weighted by Crippen LogP contribution is -2.41. The molecule has 7 nitrogen and oxygen atoms in total. The summed E-state index contributed by atoms with van der Waals surface area (Å²) in [6, 6.07) is 12.7. The van der Waals surface area contributed by atoms with E-state index < -0.39 is 6.04 Å². The Morgan fingerprint density at radius 2 is 1.96 bits per heavy atom. The Kier molecular flexibility index (Phi) is 4.12. The van der Waals surface area contributed by atoms with Crippen molar-refractivity contribution in [1.82, 2.24) is 25.6 Å². The minimum absolute atomic E-state index is 0.0403. The van der Waals surface area contributed by atoms with Gasteiger partial charge in [0.15, 0.2) is 0 Å². The Morgan fingerprint density at radius 3 is 2.77 bits per heavy atom. The lowest BCUT2D eigenvalue weighted by molar-refractivity contribution is -0.129. The molecule has 7 heteroatoms. The molecule has 26 heavy (non-hydrogen) atoms. The molecule has 0 spiro atoms. The normalized spacial score (nSPS) is 17.0. The van der Waals surface area contributed by atoms with Crippen LogP contribution in [0.25, 0.3) is 11.0 Å². The number of amides is 2. The van der Waals surface area contributed by atoms with Crippen molar-refractivity contribution in [2.45, 2.75) is 25.9 Å². The Labute approximate surface area is 150 Å². The lowest BCUT2D eigenvalue weighted by Gasteiger charge is -2.17. The number of H-pyrrole nitrogens is 1. The number of carbonyl (C=O) groups is 2. The highest BCUT2D eigenvalue weighted by Gasteiger charge is 2.32. The third-order valence-corrected chi connectivity index (χ3v) is 4.68. The number of likely N-dealkylation sites (tertiary alicyclic amines) is 1. The summed E-state index contributed by atoms with van der Waals surface area (Å²) in [5.41, 5.74) is 4.07. The van der Waals surface area contributed by atoms with E-state index in [1.165, 1.54) is 5.56 Å². The second-order valence-electron chi connectivity index (χ2n) is 6.59. The van der Waals surface area contributed by atoms with Crippen molar-refractivity contribution >= 4 is 22.8 Å². The van der Waals surface area contributed by atoms with Crippen LogP contribution in [0.5, 0.6) is 0 Å². The molecular formula is C19H19N5O2. The molecule has 1 atom stereocenters. The van der Waals surface area contributed by atoms with E-state index in [0.717, 1.165) is 5.56 Å². The van der Waals surface area contributed by atoms with Crippen molar-refractivity contribution in [3.63, 3.8) is 0 Å². The van der Waals surface area contributed by atoms with Gasteiger partial charge >= 0.3 is 0 Å². The molecule has 3 aromatic rings. The summed E-state index contributed by atoms with van der Waals surface area (Å²) in [6.07, 6.45) is 0.614. The SMILES string of the molecule is Cc1ccc(CN2CCC(NC(=O)c3ccc4n[nH]nc4c3)C2=O)cc1. The fourth-order valence-electron chi connectivity index (χ4n) is 3.17. The minimum atomic E-state index is -0.485. The van der Waals surface area contributed by atoms with Crippen LogP contribution in [0, 0.1) is 6.92 Å². The number of aromatic nitrogens is 3. The van der Waals surface area contributed by atoms with Crippen molar-refractivity contribution in [2.24, 2.45) is 0 Å². The fourth-order valence-corrected chi connectivity index (χ4v) is 3.17. The van der Waals surface area contributed by atoms with E-state index >= 15 is 0 Å². The first-order chi connectivity index (χ1) is 12.6. The Bertz CT molecular complexity index is 963. The summed E-state index contributed by atoms with van der Waals surface area (Å²) in [7, 11) is 0. The van der Waals surface area contributed by atoms with Gasteiger partial charge in [-0.3, -0.25) is 9.59 Å². The number of aromatic amines is 1. The van der Waals surface area contributed by atoms with Crippen molar-refractivity contribution in [1.29, 1.82) is 0 Å². The number of rotatable bonds is 4. The van der Waals surface area contributed by atoms with Gasteiger partial charge in [-0.25, -0.2) is 0 Å². The number of carbonyl (C=O) groups excluding carboxylic acids is 2. The summed E-state index contributed by atoms with van der Waals surface area (Å²) in [4.78, 5) is 26.9. The first kappa shape index (κ1) is 16.3. The molecule has 2 aromatic carbocycles. The zero-order valence-corrected chi connectivity index (χ0v) is 14.4. The summed E-state index contributed by atoms with van der Waals surface area (Å²) < 4.78 is 0. The zero-order chi connectivity index (χ0) is 18.1. The van der Waals surface area contributed by atoms with Gasteiger partial charge in [0.2, 0.25) is 5.91 Å². The molecule has 2 amide bonds. The third kappa shape index (κ3) is 3.15. The van der Waals surface area contributed by atoms with Gasteiger partial charge in [-0.2, -0.15) is 15.4 Å². The molecule has 1 saturated heterocycles. The average Bonchev–Trinajstić information content (AvgIpc) is 3.24.